The summed E-state index contributed by atoms with van der Waals surface area (Å²) in [7, 11) is 0. The van der Waals surface area contributed by atoms with Crippen molar-refractivity contribution in [1.29, 1.82) is 0 Å². The van der Waals surface area contributed by atoms with Crippen LogP contribution in [0, 0.1) is 0 Å². The molecule has 0 N–H and O–H groups in total. The van der Waals surface area contributed by atoms with Crippen LogP contribution in [0.4, 0.5) is 0 Å². The smallest absolute Gasteiger partial charge is 0.160 e. The molecule has 0 radical (unpaired) electrons. The lowest BCUT2D eigenvalue weighted by Gasteiger charge is -2.12. The van der Waals surface area contributed by atoms with Crippen molar-refractivity contribution in [3.05, 3.63) is 546 Å². The Hall–Kier alpha value is -19.2. The van der Waals surface area contributed by atoms with Crippen molar-refractivity contribution < 1.29 is 0 Å². The van der Waals surface area contributed by atoms with Crippen LogP contribution >= 0.6 is 0 Å². The molecule has 0 bridgehead atoms. The highest BCUT2D eigenvalue weighted by molar-refractivity contribution is 5.98. The van der Waals surface area contributed by atoms with Crippen molar-refractivity contribution in [2.24, 2.45) is 0 Å². The Morgan fingerprint density at radius 2 is 0.371 bits per heavy atom. The quantitative estimate of drug-likeness (QED) is 0.0896. The first kappa shape index (κ1) is 86.7. The molecule has 22 aromatic carbocycles. The fraction of sp³-hybridized carbons (Fsp3) is 0. The highest BCUT2D eigenvalue weighted by atomic mass is 15.1. The molecule has 0 saturated carbocycles. The highest BCUT2D eigenvalue weighted by Crippen LogP contribution is 2.41. The van der Waals surface area contributed by atoms with Crippen molar-refractivity contribution in [2.75, 3.05) is 0 Å². The van der Waals surface area contributed by atoms with Crippen molar-refractivity contribution in [3.8, 4) is 186 Å². The van der Waals surface area contributed by atoms with Gasteiger partial charge in [0.15, 0.2) is 17.5 Å². The molecule has 0 atom stereocenters. The number of para-hydroxylation sites is 3. The average Bonchev–Trinajstić information content (AvgIpc) is 1.62. The first-order valence-corrected chi connectivity index (χ1v) is 48.3. The summed E-state index contributed by atoms with van der Waals surface area (Å²) < 4.78 is 2.24. The summed E-state index contributed by atoms with van der Waals surface area (Å²) in [6, 6.07) is 192. The number of fused-ring (bicyclic) bond motifs is 6. The molecule has 4 heterocycles. The van der Waals surface area contributed by atoms with Gasteiger partial charge in [-0.1, -0.05) is 479 Å². The van der Waals surface area contributed by atoms with Crippen molar-refractivity contribution >= 4 is 64.9 Å². The molecule has 0 fully saturated rings. The number of benzene rings is 22. The van der Waals surface area contributed by atoms with E-state index in [-0.39, 0.29) is 0 Å². The first-order chi connectivity index (χ1) is 70.8. The molecule has 0 aliphatic carbocycles. The van der Waals surface area contributed by atoms with Crippen LogP contribution in [0.25, 0.3) is 250 Å². The summed E-state index contributed by atoms with van der Waals surface area (Å²) in [4.78, 5) is 35.7. The SMILES string of the molecule is c1ccc(-c2ccc(-c3cc(-c4ccc(-c5ccc(-c6nc7ccccc7n6-c6ccccc6)cc5)cc4)nc(-c4ccc5ccccc5c4)n3)cc2)cc1.c1ccc(-c2ccc(-c3cc(-c4ccc(-c5ccc6ccccc6c5)cc4)nc(-c4ccc5ccccc5c4)n3)cc2)cc1.c1ccc(-c2ccc(-c3cc(-c4ccc(-c5cccc6ccccc56)cc4)nc(-c4ccc5ccccc5c4)n3)cc2)cc1. The Morgan fingerprint density at radius 1 is 0.133 bits per heavy atom. The third-order valence-electron chi connectivity index (χ3n) is 26.8. The highest BCUT2D eigenvalue weighted by Gasteiger charge is 2.21. The molecule has 0 spiro atoms. The lowest BCUT2D eigenvalue weighted by Crippen LogP contribution is -1.97. The van der Waals surface area contributed by atoms with E-state index < -0.39 is 0 Å². The van der Waals surface area contributed by atoms with Crippen LogP contribution in [-0.2, 0) is 0 Å². The van der Waals surface area contributed by atoms with Crippen LogP contribution in [0.5, 0.6) is 0 Å². The maximum absolute atomic E-state index is 5.15. The number of nitrogens with zero attached hydrogens (tertiary/aromatic N) is 8. The van der Waals surface area contributed by atoms with Gasteiger partial charge in [0.05, 0.1) is 45.2 Å². The number of hydrogen-bond donors (Lipinski definition) is 0. The van der Waals surface area contributed by atoms with E-state index >= 15 is 0 Å². The molecule has 670 valence electrons. The van der Waals surface area contributed by atoms with E-state index in [9.17, 15) is 0 Å². The van der Waals surface area contributed by atoms with Crippen LogP contribution in [0.15, 0.2) is 546 Å². The van der Waals surface area contributed by atoms with E-state index in [1.807, 2.05) is 30.3 Å². The van der Waals surface area contributed by atoms with Gasteiger partial charge in [-0.15, -0.1) is 0 Å². The molecule has 8 heteroatoms. The van der Waals surface area contributed by atoms with Gasteiger partial charge in [0.2, 0.25) is 0 Å². The van der Waals surface area contributed by atoms with Crippen molar-refractivity contribution in [1.82, 2.24) is 39.5 Å². The number of aromatic nitrogens is 8. The molecular weight excluding hydrogens is 1730 g/mol. The zero-order valence-electron chi connectivity index (χ0n) is 78.0. The van der Waals surface area contributed by atoms with Gasteiger partial charge < -0.3 is 0 Å². The fourth-order valence-corrected chi connectivity index (χ4v) is 19.2. The van der Waals surface area contributed by atoms with Crippen LogP contribution in [0.3, 0.4) is 0 Å². The van der Waals surface area contributed by atoms with Crippen LogP contribution in [0.2, 0.25) is 0 Å². The second-order valence-electron chi connectivity index (χ2n) is 35.9. The van der Waals surface area contributed by atoms with E-state index in [1.54, 1.807) is 0 Å². The van der Waals surface area contributed by atoms with Crippen molar-refractivity contribution in [2.45, 2.75) is 0 Å². The normalized spacial score (nSPS) is 11.2. The summed E-state index contributed by atoms with van der Waals surface area (Å²) >= 11 is 0. The average molecular weight is 1820 g/mol. The van der Waals surface area contributed by atoms with E-state index in [0.29, 0.717) is 17.5 Å². The zero-order valence-corrected chi connectivity index (χ0v) is 78.0. The number of rotatable bonds is 17. The largest absolute Gasteiger partial charge is 0.292 e. The van der Waals surface area contributed by atoms with Gasteiger partial charge in [-0.25, -0.2) is 34.9 Å². The zero-order chi connectivity index (χ0) is 95.1. The van der Waals surface area contributed by atoms with E-state index in [2.05, 4.69) is 520 Å². The molecule has 0 aliphatic rings. The Balaban J connectivity index is 0.000000117. The molecule has 0 aliphatic heterocycles. The molecule has 143 heavy (non-hydrogen) atoms. The Labute approximate surface area is 830 Å². The van der Waals surface area contributed by atoms with Crippen molar-refractivity contribution in [3.63, 3.8) is 0 Å². The Morgan fingerprint density at radius 3 is 0.720 bits per heavy atom. The minimum absolute atomic E-state index is 0.701. The minimum atomic E-state index is 0.701. The maximum Gasteiger partial charge on any atom is 0.160 e. The third kappa shape index (κ3) is 18.6. The molecule has 0 amide bonds. The third-order valence-corrected chi connectivity index (χ3v) is 26.8. The van der Waals surface area contributed by atoms with Crippen LogP contribution in [-0.4, -0.2) is 39.5 Å². The number of imidazole rings is 1. The summed E-state index contributed by atoms with van der Waals surface area (Å²) in [5.41, 5.74) is 33.1. The molecule has 0 saturated heterocycles. The summed E-state index contributed by atoms with van der Waals surface area (Å²) in [6.45, 7) is 0. The minimum Gasteiger partial charge on any atom is -0.292 e. The maximum atomic E-state index is 5.15. The lowest BCUT2D eigenvalue weighted by atomic mass is 9.97. The predicted molar refractivity (Wildman–Crippen MR) is 595 cm³/mol. The second kappa shape index (κ2) is 39.1. The predicted octanol–water partition coefficient (Wildman–Crippen LogP) is 35.2. The van der Waals surface area contributed by atoms with Gasteiger partial charge in [-0.3, -0.25) is 4.57 Å². The van der Waals surface area contributed by atoms with Gasteiger partial charge in [-0.05, 0) is 187 Å². The molecule has 26 aromatic rings. The van der Waals surface area contributed by atoms with Gasteiger partial charge in [-0.2, -0.15) is 0 Å². The van der Waals surface area contributed by atoms with Crippen LogP contribution < -0.4 is 0 Å². The lowest BCUT2D eigenvalue weighted by molar-refractivity contribution is 1.10. The molecule has 4 aromatic heterocycles. The summed E-state index contributed by atoms with van der Waals surface area (Å²) in [6.07, 6.45) is 0. The molecule has 0 unspecified atom stereocenters. The first-order valence-electron chi connectivity index (χ1n) is 48.3. The molecule has 8 nitrogen and oxygen atoms in total. The molecular formula is C135H90N8. The summed E-state index contributed by atoms with van der Waals surface area (Å²) in [5.74, 6) is 3.06. The van der Waals surface area contributed by atoms with E-state index in [0.717, 1.165) is 129 Å². The number of hydrogen-bond acceptors (Lipinski definition) is 7. The second-order valence-corrected chi connectivity index (χ2v) is 35.9. The Bertz CT molecular complexity index is 9100. The van der Waals surface area contributed by atoms with Crippen LogP contribution in [0.1, 0.15) is 0 Å². The molecule has 26 rings (SSSR count). The van der Waals surface area contributed by atoms with Gasteiger partial charge >= 0.3 is 0 Å². The monoisotopic (exact) mass is 1820 g/mol. The van der Waals surface area contributed by atoms with Gasteiger partial charge in [0, 0.05) is 61.3 Å². The summed E-state index contributed by atoms with van der Waals surface area (Å²) in [5, 5.41) is 12.1. The topological polar surface area (TPSA) is 95.2 Å². The van der Waals surface area contributed by atoms with E-state index in [1.165, 1.54) is 104 Å². The standard InChI is InChI=1S/C51H34N4.2C42H28N2/c1-3-11-35(12-4-1)37-19-26-40(27-20-37)47-34-48(53-50(52-47)44-32-25-36-13-7-8-14-43(36)33-44)41-28-21-38(22-29-41)39-23-30-42(31-24-39)51-54-46-17-9-10-18-49(46)55(51)45-15-5-2-6-16-45;1-2-8-29(9-3-1)32-14-20-34(21-15-32)40-28-41(44-42(43-40)39-25-19-31-11-5-7-13-37(31)27-39)35-22-16-33(17-23-35)38-24-18-30-10-4-6-12-36(30)26-38;1-2-9-29(10-3-1)31-17-22-34(23-18-31)40-28-41(44-42(43-40)37-26-19-30-11-4-5-13-36(30)27-37)35-24-20-33(21-25-35)39-16-8-14-32-12-6-7-15-38(32)39/h1-34H;2*1-28H. The van der Waals surface area contributed by atoms with Gasteiger partial charge in [0.1, 0.15) is 5.82 Å². The van der Waals surface area contributed by atoms with E-state index in [4.69, 9.17) is 34.9 Å². The Kier molecular flexibility index (Phi) is 23.7. The van der Waals surface area contributed by atoms with Gasteiger partial charge in [0.25, 0.3) is 0 Å². The fourth-order valence-electron chi connectivity index (χ4n) is 19.2.